The number of ketones is 1. The third-order valence-corrected chi connectivity index (χ3v) is 6.29. The quantitative estimate of drug-likeness (QED) is 0.634. The van der Waals surface area contributed by atoms with Crippen LogP contribution in [0, 0.1) is 6.92 Å². The predicted molar refractivity (Wildman–Crippen MR) is 126 cm³/mol. The number of phenolic OH excluding ortho intramolecular Hbond substituents is 1. The third kappa shape index (κ3) is 4.50. The van der Waals surface area contributed by atoms with E-state index in [-0.39, 0.29) is 17.3 Å². The van der Waals surface area contributed by atoms with Crippen molar-refractivity contribution in [2.24, 2.45) is 0 Å². The second-order valence-electron chi connectivity index (χ2n) is 8.48. The van der Waals surface area contributed by atoms with Crippen LogP contribution in [-0.2, 0) is 6.54 Å². The zero-order chi connectivity index (χ0) is 23.5. The summed E-state index contributed by atoms with van der Waals surface area (Å²) in [5.41, 5.74) is 2.55. The minimum atomic E-state index is -0.201. The van der Waals surface area contributed by atoms with Crippen LogP contribution in [0.2, 0.25) is 0 Å². The standard InChI is InChI=1S/C26H31NO6/c1-16-11-19(28)18(15-27-9-7-5-6-8-10-27)25-23(16)24(29)20(33-25)12-17-13-21(30-2)26(32-4)22(14-17)31-3/h11-14,28H,5-10,15H2,1-4H3/b20-12-. The number of carbonyl (C=O) groups is 1. The van der Waals surface area contributed by atoms with Crippen molar-refractivity contribution in [3.05, 3.63) is 46.2 Å². The summed E-state index contributed by atoms with van der Waals surface area (Å²) in [7, 11) is 4.63. The number of aryl methyl sites for hydroxylation is 1. The molecule has 2 aromatic rings. The highest BCUT2D eigenvalue weighted by Gasteiger charge is 2.34. The lowest BCUT2D eigenvalue weighted by Crippen LogP contribution is -2.24. The number of fused-ring (bicyclic) bond motifs is 1. The lowest BCUT2D eigenvalue weighted by atomic mass is 9.99. The summed E-state index contributed by atoms with van der Waals surface area (Å²) in [6.45, 7) is 4.32. The first-order valence-corrected chi connectivity index (χ1v) is 11.3. The highest BCUT2D eigenvalue weighted by Crippen LogP contribution is 2.43. The molecule has 33 heavy (non-hydrogen) atoms. The molecule has 0 bridgehead atoms. The van der Waals surface area contributed by atoms with Gasteiger partial charge in [0, 0.05) is 6.54 Å². The number of methoxy groups -OCH3 is 3. The summed E-state index contributed by atoms with van der Waals surface area (Å²) < 4.78 is 22.3. The van der Waals surface area contributed by atoms with E-state index in [2.05, 4.69) is 4.90 Å². The van der Waals surface area contributed by atoms with Crippen molar-refractivity contribution in [3.63, 3.8) is 0 Å². The fourth-order valence-electron chi connectivity index (χ4n) is 4.59. The maximum absolute atomic E-state index is 13.3. The van der Waals surface area contributed by atoms with Crippen LogP contribution in [0.3, 0.4) is 0 Å². The molecule has 0 saturated carbocycles. The molecule has 176 valence electrons. The molecular weight excluding hydrogens is 422 g/mol. The maximum Gasteiger partial charge on any atom is 0.232 e. The van der Waals surface area contributed by atoms with Crippen LogP contribution in [0.25, 0.3) is 6.08 Å². The summed E-state index contributed by atoms with van der Waals surface area (Å²) in [4.78, 5) is 15.6. The summed E-state index contributed by atoms with van der Waals surface area (Å²) in [6.07, 6.45) is 6.40. The van der Waals surface area contributed by atoms with Crippen LogP contribution in [0.4, 0.5) is 0 Å². The van der Waals surface area contributed by atoms with Crippen LogP contribution in [0.15, 0.2) is 24.0 Å². The first kappa shape index (κ1) is 23.0. The predicted octanol–water partition coefficient (Wildman–Crippen LogP) is 4.72. The van der Waals surface area contributed by atoms with E-state index in [1.807, 2.05) is 6.92 Å². The highest BCUT2D eigenvalue weighted by molar-refractivity contribution is 6.16. The largest absolute Gasteiger partial charge is 0.507 e. The zero-order valence-corrected chi connectivity index (χ0v) is 19.7. The minimum absolute atomic E-state index is 0.164. The normalized spacial score (nSPS) is 17.5. The van der Waals surface area contributed by atoms with Gasteiger partial charge in [-0.3, -0.25) is 9.69 Å². The monoisotopic (exact) mass is 453 g/mol. The molecule has 4 rings (SSSR count). The van der Waals surface area contributed by atoms with E-state index in [9.17, 15) is 9.90 Å². The Morgan fingerprint density at radius 1 is 1.00 bits per heavy atom. The Morgan fingerprint density at radius 3 is 2.21 bits per heavy atom. The number of nitrogens with zero attached hydrogens (tertiary/aromatic N) is 1. The molecule has 2 aliphatic rings. The van der Waals surface area contributed by atoms with Gasteiger partial charge < -0.3 is 24.1 Å². The maximum atomic E-state index is 13.3. The van der Waals surface area contributed by atoms with Crippen LogP contribution >= 0.6 is 0 Å². The lowest BCUT2D eigenvalue weighted by molar-refractivity contribution is 0.101. The van der Waals surface area contributed by atoms with E-state index in [0.717, 1.165) is 25.9 Å². The molecule has 0 atom stereocenters. The summed E-state index contributed by atoms with van der Waals surface area (Å²) in [5, 5.41) is 10.7. The van der Waals surface area contributed by atoms with Crippen molar-refractivity contribution >= 4 is 11.9 Å². The van der Waals surface area contributed by atoms with Crippen LogP contribution in [0.5, 0.6) is 28.7 Å². The SMILES string of the molecule is COc1cc(/C=C2\Oc3c(CN4CCCCCC4)c(O)cc(C)c3C2=O)cc(OC)c1OC. The van der Waals surface area contributed by atoms with Gasteiger partial charge in [-0.1, -0.05) is 12.8 Å². The molecule has 0 amide bonds. The second-order valence-corrected chi connectivity index (χ2v) is 8.48. The summed E-state index contributed by atoms with van der Waals surface area (Å²) in [5.74, 6) is 2.07. The average Bonchev–Trinajstić information content (AvgIpc) is 2.97. The first-order valence-electron chi connectivity index (χ1n) is 11.3. The second kappa shape index (κ2) is 9.75. The molecule has 0 unspecified atom stereocenters. The van der Waals surface area contributed by atoms with E-state index >= 15 is 0 Å². The van der Waals surface area contributed by atoms with E-state index in [1.54, 1.807) is 45.6 Å². The number of hydrogen-bond donors (Lipinski definition) is 1. The van der Waals surface area contributed by atoms with Gasteiger partial charge in [-0.2, -0.15) is 0 Å². The molecule has 2 aromatic carbocycles. The number of phenols is 1. The Morgan fingerprint density at radius 2 is 1.64 bits per heavy atom. The van der Waals surface area contributed by atoms with Crippen LogP contribution < -0.4 is 18.9 Å². The molecule has 1 saturated heterocycles. The molecule has 0 aliphatic carbocycles. The highest BCUT2D eigenvalue weighted by atomic mass is 16.5. The van der Waals surface area contributed by atoms with Gasteiger partial charge in [0.15, 0.2) is 17.3 Å². The Labute approximate surface area is 194 Å². The number of allylic oxidation sites excluding steroid dienone is 1. The zero-order valence-electron chi connectivity index (χ0n) is 19.7. The van der Waals surface area contributed by atoms with Gasteiger partial charge in [-0.05, 0) is 68.3 Å². The molecule has 7 nitrogen and oxygen atoms in total. The smallest absolute Gasteiger partial charge is 0.232 e. The van der Waals surface area contributed by atoms with Gasteiger partial charge in [0.25, 0.3) is 0 Å². The van der Waals surface area contributed by atoms with E-state index in [1.165, 1.54) is 12.8 Å². The number of aromatic hydroxyl groups is 1. The Kier molecular flexibility index (Phi) is 6.79. The number of carbonyl (C=O) groups excluding carboxylic acids is 1. The summed E-state index contributed by atoms with van der Waals surface area (Å²) in [6, 6.07) is 5.18. The van der Waals surface area contributed by atoms with Gasteiger partial charge in [-0.15, -0.1) is 0 Å². The van der Waals surface area contributed by atoms with Gasteiger partial charge in [0.2, 0.25) is 11.5 Å². The number of ether oxygens (including phenoxy) is 4. The molecule has 1 fully saturated rings. The van der Waals surface area contributed by atoms with Crippen molar-refractivity contribution in [2.75, 3.05) is 34.4 Å². The fourth-order valence-corrected chi connectivity index (χ4v) is 4.59. The third-order valence-electron chi connectivity index (χ3n) is 6.29. The number of Topliss-reactive ketones (excluding diaryl/α,β-unsaturated/α-hetero) is 1. The molecule has 7 heteroatoms. The van der Waals surface area contributed by atoms with Gasteiger partial charge in [-0.25, -0.2) is 0 Å². The Balaban J connectivity index is 1.71. The molecule has 1 N–H and O–H groups in total. The average molecular weight is 454 g/mol. The number of hydrogen-bond acceptors (Lipinski definition) is 7. The molecule has 0 aromatic heterocycles. The first-order chi connectivity index (χ1) is 16.0. The van der Waals surface area contributed by atoms with Crippen molar-refractivity contribution in [3.8, 4) is 28.7 Å². The number of benzene rings is 2. The minimum Gasteiger partial charge on any atom is -0.507 e. The Hall–Kier alpha value is -3.19. The van der Waals surface area contributed by atoms with Gasteiger partial charge in [0.1, 0.15) is 11.5 Å². The van der Waals surface area contributed by atoms with Crippen molar-refractivity contribution < 1.29 is 28.8 Å². The lowest BCUT2D eigenvalue weighted by Gasteiger charge is -2.22. The van der Waals surface area contributed by atoms with E-state index < -0.39 is 0 Å². The number of likely N-dealkylation sites (tertiary alicyclic amines) is 1. The van der Waals surface area contributed by atoms with Crippen molar-refractivity contribution in [2.45, 2.75) is 39.2 Å². The molecule has 0 radical (unpaired) electrons. The van der Waals surface area contributed by atoms with Crippen molar-refractivity contribution in [1.82, 2.24) is 4.90 Å². The van der Waals surface area contributed by atoms with Crippen molar-refractivity contribution in [1.29, 1.82) is 0 Å². The van der Waals surface area contributed by atoms with Gasteiger partial charge >= 0.3 is 0 Å². The molecule has 2 aliphatic heterocycles. The summed E-state index contributed by atoms with van der Waals surface area (Å²) >= 11 is 0. The van der Waals surface area contributed by atoms with Gasteiger partial charge in [0.05, 0.1) is 32.5 Å². The Bertz CT molecular complexity index is 1060. The van der Waals surface area contributed by atoms with Crippen LogP contribution in [-0.4, -0.2) is 50.2 Å². The topological polar surface area (TPSA) is 77.5 Å². The van der Waals surface area contributed by atoms with Crippen LogP contribution in [0.1, 0.15) is 52.7 Å². The molecular formula is C26H31NO6. The number of rotatable bonds is 6. The van der Waals surface area contributed by atoms with E-state index in [0.29, 0.717) is 51.8 Å². The molecule has 2 heterocycles. The van der Waals surface area contributed by atoms with E-state index in [4.69, 9.17) is 18.9 Å². The molecule has 0 spiro atoms. The fraction of sp³-hybridized carbons (Fsp3) is 0.423.